The number of hydrogen-bond donors (Lipinski definition) is 0. The van der Waals surface area contributed by atoms with E-state index in [1.54, 1.807) is 28.8 Å². The first-order valence-corrected chi connectivity index (χ1v) is 12.7. The Morgan fingerprint density at radius 3 is 2.61 bits per heavy atom. The van der Waals surface area contributed by atoms with Gasteiger partial charge in [-0.15, -0.1) is 16.4 Å². The molecule has 1 fully saturated rings. The maximum atomic E-state index is 13.6. The fourth-order valence-electron chi connectivity index (χ4n) is 4.07. The summed E-state index contributed by atoms with van der Waals surface area (Å²) in [5, 5.41) is 10.2. The lowest BCUT2D eigenvalue weighted by Crippen LogP contribution is -2.46. The van der Waals surface area contributed by atoms with Crippen LogP contribution in [0.15, 0.2) is 39.6 Å². The number of anilines is 1. The molecule has 0 amide bonds. The molecule has 5 rings (SSSR count). The van der Waals surface area contributed by atoms with E-state index in [1.165, 1.54) is 0 Å². The molecule has 0 N–H and O–H groups in total. The number of aromatic nitrogens is 4. The summed E-state index contributed by atoms with van der Waals surface area (Å²) in [5.74, 6) is 0.813. The Balaban J connectivity index is 1.69. The summed E-state index contributed by atoms with van der Waals surface area (Å²) in [4.78, 5) is 9.72. The summed E-state index contributed by atoms with van der Waals surface area (Å²) < 4.78 is 29.7. The van der Waals surface area contributed by atoms with E-state index in [4.69, 9.17) is 4.98 Å². The average Bonchev–Trinajstić information content (AvgIpc) is 3.42. The molecule has 0 atom stereocenters. The number of sulfone groups is 1. The average molecular weight is 457 g/mol. The first-order chi connectivity index (χ1) is 14.9. The number of piperazine rings is 1. The molecule has 4 aromatic rings. The molecular weight excluding hydrogens is 432 g/mol. The summed E-state index contributed by atoms with van der Waals surface area (Å²) in [5.41, 5.74) is 2.67. The van der Waals surface area contributed by atoms with Crippen molar-refractivity contribution in [3.05, 3.63) is 40.8 Å². The van der Waals surface area contributed by atoms with Gasteiger partial charge in [0.2, 0.25) is 14.9 Å². The predicted molar refractivity (Wildman–Crippen MR) is 122 cm³/mol. The van der Waals surface area contributed by atoms with Crippen LogP contribution in [0.25, 0.3) is 15.9 Å². The third kappa shape index (κ3) is 3.29. The fraction of sp³-hybridized carbons (Fsp3) is 0.381. The zero-order chi connectivity index (χ0) is 21.8. The minimum atomic E-state index is -3.87. The molecule has 10 heteroatoms. The zero-order valence-corrected chi connectivity index (χ0v) is 19.4. The van der Waals surface area contributed by atoms with Crippen LogP contribution in [-0.4, -0.2) is 65.9 Å². The quantitative estimate of drug-likeness (QED) is 0.467. The van der Waals surface area contributed by atoms with Crippen molar-refractivity contribution in [2.45, 2.75) is 30.7 Å². The second-order valence-electron chi connectivity index (χ2n) is 7.89. The third-order valence-electron chi connectivity index (χ3n) is 5.91. The van der Waals surface area contributed by atoms with Crippen molar-refractivity contribution >= 4 is 42.9 Å². The van der Waals surface area contributed by atoms with E-state index in [9.17, 15) is 8.42 Å². The highest BCUT2D eigenvalue weighted by Gasteiger charge is 2.30. The number of benzene rings is 1. The Morgan fingerprint density at radius 2 is 1.87 bits per heavy atom. The molecule has 0 saturated carbocycles. The maximum Gasteiger partial charge on any atom is 0.229 e. The second kappa shape index (κ2) is 7.54. The summed E-state index contributed by atoms with van der Waals surface area (Å²) in [7, 11) is -3.87. The van der Waals surface area contributed by atoms with Crippen LogP contribution in [0, 0.1) is 13.8 Å². The van der Waals surface area contributed by atoms with Crippen LogP contribution in [0.3, 0.4) is 0 Å². The van der Waals surface area contributed by atoms with Gasteiger partial charge >= 0.3 is 0 Å². The van der Waals surface area contributed by atoms with Crippen molar-refractivity contribution in [2.75, 3.05) is 37.6 Å². The lowest BCUT2D eigenvalue weighted by molar-refractivity contribution is 0.271. The van der Waals surface area contributed by atoms with Crippen LogP contribution >= 0.6 is 11.3 Å². The molecule has 1 aromatic carbocycles. The summed E-state index contributed by atoms with van der Waals surface area (Å²) in [6, 6.07) is 7.35. The highest BCUT2D eigenvalue weighted by Crippen LogP contribution is 2.34. The largest absolute Gasteiger partial charge is 0.353 e. The van der Waals surface area contributed by atoms with Crippen LogP contribution in [0.4, 0.5) is 5.82 Å². The molecule has 0 bridgehead atoms. The smallest absolute Gasteiger partial charge is 0.229 e. The van der Waals surface area contributed by atoms with Crippen LogP contribution in [0.5, 0.6) is 0 Å². The van der Waals surface area contributed by atoms with Gasteiger partial charge in [0.25, 0.3) is 0 Å². The van der Waals surface area contributed by atoms with Gasteiger partial charge in [0.15, 0.2) is 11.5 Å². The van der Waals surface area contributed by atoms with Gasteiger partial charge in [-0.05, 0) is 49.0 Å². The number of likely N-dealkylation sites (N-methyl/N-ethyl adjacent to an activating group) is 1. The molecule has 0 radical (unpaired) electrons. The van der Waals surface area contributed by atoms with E-state index in [-0.39, 0.29) is 15.6 Å². The molecule has 0 spiro atoms. The first-order valence-electron chi connectivity index (χ1n) is 10.3. The Bertz CT molecular complexity index is 1380. The van der Waals surface area contributed by atoms with Gasteiger partial charge in [0.05, 0.1) is 15.1 Å². The number of thiophene rings is 1. The lowest BCUT2D eigenvalue weighted by Gasteiger charge is -2.34. The van der Waals surface area contributed by atoms with E-state index in [1.807, 2.05) is 30.5 Å². The zero-order valence-electron chi connectivity index (χ0n) is 17.7. The molecule has 1 saturated heterocycles. The molecule has 8 nitrogen and oxygen atoms in total. The molecule has 3 aromatic heterocycles. The van der Waals surface area contributed by atoms with Crippen LogP contribution in [-0.2, 0) is 9.84 Å². The van der Waals surface area contributed by atoms with Crippen molar-refractivity contribution in [3.63, 3.8) is 0 Å². The molecule has 1 aliphatic rings. The highest BCUT2D eigenvalue weighted by molar-refractivity contribution is 7.91. The second-order valence-corrected chi connectivity index (χ2v) is 10.6. The Hall–Kier alpha value is -2.56. The van der Waals surface area contributed by atoms with Crippen molar-refractivity contribution in [1.29, 1.82) is 0 Å². The van der Waals surface area contributed by atoms with Gasteiger partial charge in [-0.2, -0.15) is 4.52 Å². The fourth-order valence-corrected chi connectivity index (χ4v) is 6.52. The Labute approximate surface area is 185 Å². The first kappa shape index (κ1) is 20.3. The topological polar surface area (TPSA) is 83.7 Å². The number of rotatable bonds is 4. The maximum absolute atomic E-state index is 13.6. The van der Waals surface area contributed by atoms with E-state index >= 15 is 0 Å². The van der Waals surface area contributed by atoms with Crippen LogP contribution < -0.4 is 4.90 Å². The van der Waals surface area contributed by atoms with Gasteiger partial charge in [-0.1, -0.05) is 24.3 Å². The predicted octanol–water partition coefficient (Wildman–Crippen LogP) is 2.93. The molecule has 1 aliphatic heterocycles. The molecule has 0 unspecified atom stereocenters. The van der Waals surface area contributed by atoms with Crippen molar-refractivity contribution in [2.24, 2.45) is 0 Å². The van der Waals surface area contributed by atoms with E-state index < -0.39 is 9.84 Å². The summed E-state index contributed by atoms with van der Waals surface area (Å²) in [6.07, 6.45) is 0. The van der Waals surface area contributed by atoms with Gasteiger partial charge in [0.1, 0.15) is 0 Å². The summed E-state index contributed by atoms with van der Waals surface area (Å²) in [6.45, 7) is 10.5. The van der Waals surface area contributed by atoms with Crippen molar-refractivity contribution in [1.82, 2.24) is 24.7 Å². The van der Waals surface area contributed by atoms with E-state index in [2.05, 4.69) is 27.0 Å². The Morgan fingerprint density at radius 1 is 1.10 bits per heavy atom. The molecule has 0 aliphatic carbocycles. The van der Waals surface area contributed by atoms with E-state index in [0.29, 0.717) is 5.56 Å². The number of aryl methyl sites for hydroxylation is 2. The van der Waals surface area contributed by atoms with Crippen LogP contribution in [0.2, 0.25) is 0 Å². The van der Waals surface area contributed by atoms with Crippen molar-refractivity contribution < 1.29 is 8.42 Å². The number of nitrogens with zero attached hydrogens (tertiary/aromatic N) is 6. The van der Waals surface area contributed by atoms with Gasteiger partial charge < -0.3 is 9.80 Å². The molecular formula is C21H24N6O2S2. The minimum Gasteiger partial charge on any atom is -0.353 e. The Kier molecular flexibility index (Phi) is 4.95. The van der Waals surface area contributed by atoms with Crippen LogP contribution in [0.1, 0.15) is 18.1 Å². The number of hydrogen-bond acceptors (Lipinski definition) is 8. The third-order valence-corrected chi connectivity index (χ3v) is 8.60. The SMILES string of the molecule is CCN1CCN(c2nc3c(S(=O)(=O)c4cc(C)ccc4C)nnn3c3ccsc23)CC1. The van der Waals surface area contributed by atoms with Crippen molar-refractivity contribution in [3.8, 4) is 0 Å². The van der Waals surface area contributed by atoms with Gasteiger partial charge in [0, 0.05) is 26.2 Å². The normalized spacial score (nSPS) is 15.9. The molecule has 4 heterocycles. The number of fused-ring (bicyclic) bond motifs is 3. The summed E-state index contributed by atoms with van der Waals surface area (Å²) >= 11 is 1.59. The minimum absolute atomic E-state index is 0.0947. The lowest BCUT2D eigenvalue weighted by atomic mass is 10.2. The van der Waals surface area contributed by atoms with E-state index in [0.717, 1.165) is 54.3 Å². The monoisotopic (exact) mass is 456 g/mol. The van der Waals surface area contributed by atoms with Gasteiger partial charge in [-0.25, -0.2) is 13.4 Å². The van der Waals surface area contributed by atoms with Gasteiger partial charge in [-0.3, -0.25) is 0 Å². The highest BCUT2D eigenvalue weighted by atomic mass is 32.2. The molecule has 31 heavy (non-hydrogen) atoms. The molecule has 162 valence electrons. The standard InChI is InChI=1S/C21H24N6O2S2/c1-4-25-8-10-26(11-9-25)19-18-16(7-12-30-18)27-20(22-19)21(23-24-27)31(28,29)17-13-14(2)5-6-15(17)3/h5-7,12-13H,4,8-11H2,1-3H3.